The summed E-state index contributed by atoms with van der Waals surface area (Å²) in [4.78, 5) is 24.3. The molecule has 6 nitrogen and oxygen atoms in total. The van der Waals surface area contributed by atoms with E-state index in [1.54, 1.807) is 13.8 Å². The second-order valence-corrected chi connectivity index (χ2v) is 6.73. The molecule has 1 N–H and O–H groups in total. The largest absolute Gasteiger partial charge is 0.480 e. The normalized spacial score (nSPS) is 11.4. The Labute approximate surface area is 117 Å². The van der Waals surface area contributed by atoms with Crippen molar-refractivity contribution < 1.29 is 23.1 Å². The van der Waals surface area contributed by atoms with Crippen LogP contribution in [-0.2, 0) is 14.6 Å². The summed E-state index contributed by atoms with van der Waals surface area (Å²) in [5, 5.41) is 8.81. The molecule has 1 aromatic carbocycles. The smallest absolute Gasteiger partial charge is 0.323 e. The Bertz CT molecular complexity index is 604. The van der Waals surface area contributed by atoms with Gasteiger partial charge in [0, 0.05) is 17.9 Å². The van der Waals surface area contributed by atoms with Crippen LogP contribution in [0.25, 0.3) is 0 Å². The molecule has 0 fully saturated rings. The Balaban J connectivity index is 3.04. The summed E-state index contributed by atoms with van der Waals surface area (Å²) < 4.78 is 22.7. The Kier molecular flexibility index (Phi) is 4.88. The Morgan fingerprint density at radius 1 is 1.20 bits per heavy atom. The molecule has 0 atom stereocenters. The third kappa shape index (κ3) is 4.06. The summed E-state index contributed by atoms with van der Waals surface area (Å²) in [6, 6.07) is 5.17. The van der Waals surface area contributed by atoms with E-state index in [1.165, 1.54) is 29.2 Å². The van der Waals surface area contributed by atoms with Crippen LogP contribution in [0.4, 0.5) is 0 Å². The molecule has 0 heterocycles. The predicted molar refractivity (Wildman–Crippen MR) is 73.4 cm³/mol. The fourth-order valence-corrected chi connectivity index (χ4v) is 2.28. The van der Waals surface area contributed by atoms with Crippen LogP contribution < -0.4 is 0 Å². The van der Waals surface area contributed by atoms with E-state index in [0.717, 1.165) is 6.26 Å². The Hall–Kier alpha value is -1.89. The number of aliphatic carboxylic acids is 1. The second kappa shape index (κ2) is 6.04. The standard InChI is InChI=1S/C13H17NO5S/c1-9(2)14(8-12(15)16)13(17)10-4-6-11(7-5-10)20(3,18)19/h4-7,9H,8H2,1-3H3,(H,15,16). The highest BCUT2D eigenvalue weighted by atomic mass is 32.2. The first-order chi connectivity index (χ1) is 9.12. The van der Waals surface area contributed by atoms with Crippen molar-refractivity contribution in [3.63, 3.8) is 0 Å². The molecule has 110 valence electrons. The van der Waals surface area contributed by atoms with Crippen LogP contribution >= 0.6 is 0 Å². The molecule has 0 aliphatic rings. The lowest BCUT2D eigenvalue weighted by Gasteiger charge is -2.24. The van der Waals surface area contributed by atoms with Gasteiger partial charge in [0.05, 0.1) is 4.90 Å². The zero-order valence-electron chi connectivity index (χ0n) is 11.5. The molecular weight excluding hydrogens is 282 g/mol. The number of benzene rings is 1. The van der Waals surface area contributed by atoms with E-state index in [9.17, 15) is 18.0 Å². The monoisotopic (exact) mass is 299 g/mol. The molecule has 1 aromatic rings. The zero-order valence-corrected chi connectivity index (χ0v) is 12.3. The van der Waals surface area contributed by atoms with Gasteiger partial charge >= 0.3 is 5.97 Å². The van der Waals surface area contributed by atoms with Crippen LogP contribution in [0.1, 0.15) is 24.2 Å². The average molecular weight is 299 g/mol. The molecule has 0 unspecified atom stereocenters. The molecular formula is C13H17NO5S. The predicted octanol–water partition coefficient (Wildman–Crippen LogP) is 1.03. The summed E-state index contributed by atoms with van der Waals surface area (Å²) in [5.41, 5.74) is 0.257. The zero-order chi connectivity index (χ0) is 15.5. The molecule has 0 aliphatic heterocycles. The number of rotatable bonds is 5. The summed E-state index contributed by atoms with van der Waals surface area (Å²) in [7, 11) is -3.32. The average Bonchev–Trinajstić information content (AvgIpc) is 2.33. The molecule has 20 heavy (non-hydrogen) atoms. The maximum absolute atomic E-state index is 12.2. The minimum atomic E-state index is -3.32. The number of hydrogen-bond acceptors (Lipinski definition) is 4. The fourth-order valence-electron chi connectivity index (χ4n) is 1.65. The van der Waals surface area contributed by atoms with Gasteiger partial charge in [-0.15, -0.1) is 0 Å². The highest BCUT2D eigenvalue weighted by Gasteiger charge is 2.21. The van der Waals surface area contributed by atoms with Crippen LogP contribution in [0.3, 0.4) is 0 Å². The lowest BCUT2D eigenvalue weighted by atomic mass is 10.1. The number of sulfone groups is 1. The van der Waals surface area contributed by atoms with Crippen molar-refractivity contribution in [1.82, 2.24) is 4.90 Å². The molecule has 0 aliphatic carbocycles. The van der Waals surface area contributed by atoms with E-state index in [1.807, 2.05) is 0 Å². The molecule has 1 amide bonds. The van der Waals surface area contributed by atoms with Gasteiger partial charge in [-0.05, 0) is 38.1 Å². The highest BCUT2D eigenvalue weighted by Crippen LogP contribution is 2.13. The minimum Gasteiger partial charge on any atom is -0.480 e. The van der Waals surface area contributed by atoms with E-state index >= 15 is 0 Å². The van der Waals surface area contributed by atoms with Crippen LogP contribution in [-0.4, -0.2) is 49.1 Å². The number of nitrogens with zero attached hydrogens (tertiary/aromatic N) is 1. The maximum atomic E-state index is 12.2. The number of carboxylic acid groups (broad SMARTS) is 1. The first-order valence-corrected chi connectivity index (χ1v) is 7.85. The molecule has 1 rings (SSSR count). The van der Waals surface area contributed by atoms with Gasteiger partial charge in [-0.3, -0.25) is 9.59 Å². The molecule has 7 heteroatoms. The third-order valence-electron chi connectivity index (χ3n) is 2.72. The summed E-state index contributed by atoms with van der Waals surface area (Å²) in [6.45, 7) is 3.03. The summed E-state index contributed by atoms with van der Waals surface area (Å²) >= 11 is 0. The van der Waals surface area contributed by atoms with Crippen LogP contribution in [0.15, 0.2) is 29.2 Å². The Morgan fingerprint density at radius 2 is 1.70 bits per heavy atom. The fraction of sp³-hybridized carbons (Fsp3) is 0.385. The van der Waals surface area contributed by atoms with E-state index in [0.29, 0.717) is 0 Å². The van der Waals surface area contributed by atoms with Gasteiger partial charge in [-0.1, -0.05) is 0 Å². The van der Waals surface area contributed by atoms with E-state index < -0.39 is 28.3 Å². The minimum absolute atomic E-state index is 0.114. The van der Waals surface area contributed by atoms with Gasteiger partial charge in [-0.25, -0.2) is 8.42 Å². The van der Waals surface area contributed by atoms with Crippen molar-refractivity contribution in [1.29, 1.82) is 0 Å². The highest BCUT2D eigenvalue weighted by molar-refractivity contribution is 7.90. The third-order valence-corrected chi connectivity index (χ3v) is 3.85. The van der Waals surface area contributed by atoms with Crippen molar-refractivity contribution in [2.75, 3.05) is 12.8 Å². The first kappa shape index (κ1) is 16.2. The van der Waals surface area contributed by atoms with Crippen LogP contribution in [0, 0.1) is 0 Å². The van der Waals surface area contributed by atoms with Crippen molar-refractivity contribution in [3.05, 3.63) is 29.8 Å². The lowest BCUT2D eigenvalue weighted by Crippen LogP contribution is -2.40. The van der Waals surface area contributed by atoms with Crippen LogP contribution in [0.2, 0.25) is 0 Å². The van der Waals surface area contributed by atoms with Crippen LogP contribution in [0.5, 0.6) is 0 Å². The van der Waals surface area contributed by atoms with Gasteiger partial charge in [0.1, 0.15) is 6.54 Å². The summed E-state index contributed by atoms with van der Waals surface area (Å²) in [6.07, 6.45) is 1.08. The number of hydrogen-bond donors (Lipinski definition) is 1. The first-order valence-electron chi connectivity index (χ1n) is 5.96. The lowest BCUT2D eigenvalue weighted by molar-refractivity contribution is -0.138. The summed E-state index contributed by atoms with van der Waals surface area (Å²) in [5.74, 6) is -1.54. The van der Waals surface area contributed by atoms with Gasteiger partial charge in [-0.2, -0.15) is 0 Å². The van der Waals surface area contributed by atoms with Crippen molar-refractivity contribution in [2.24, 2.45) is 0 Å². The number of amides is 1. The van der Waals surface area contributed by atoms with Crippen molar-refractivity contribution in [2.45, 2.75) is 24.8 Å². The molecule has 0 bridgehead atoms. The van der Waals surface area contributed by atoms with Gasteiger partial charge in [0.15, 0.2) is 9.84 Å². The quantitative estimate of drug-likeness (QED) is 0.876. The molecule has 0 saturated heterocycles. The van der Waals surface area contributed by atoms with Crippen molar-refractivity contribution >= 4 is 21.7 Å². The van der Waals surface area contributed by atoms with E-state index in [-0.39, 0.29) is 16.5 Å². The SMILES string of the molecule is CC(C)N(CC(=O)O)C(=O)c1ccc(S(C)(=O)=O)cc1. The molecule has 0 aromatic heterocycles. The van der Waals surface area contributed by atoms with Gasteiger partial charge in [0.2, 0.25) is 0 Å². The Morgan fingerprint density at radius 3 is 2.05 bits per heavy atom. The molecule has 0 spiro atoms. The van der Waals surface area contributed by atoms with Gasteiger partial charge < -0.3 is 10.0 Å². The topological polar surface area (TPSA) is 91.8 Å². The number of carboxylic acids is 1. The second-order valence-electron chi connectivity index (χ2n) is 4.72. The van der Waals surface area contributed by atoms with E-state index in [4.69, 9.17) is 5.11 Å². The molecule has 0 radical (unpaired) electrons. The van der Waals surface area contributed by atoms with E-state index in [2.05, 4.69) is 0 Å². The van der Waals surface area contributed by atoms with Crippen molar-refractivity contribution in [3.8, 4) is 0 Å². The maximum Gasteiger partial charge on any atom is 0.323 e. The number of carbonyl (C=O) groups excluding carboxylic acids is 1. The number of carbonyl (C=O) groups is 2. The molecule has 0 saturated carbocycles. The van der Waals surface area contributed by atoms with Gasteiger partial charge in [0.25, 0.3) is 5.91 Å².